The van der Waals surface area contributed by atoms with Gasteiger partial charge < -0.3 is 19.5 Å². The zero-order valence-corrected chi connectivity index (χ0v) is 18.9. The van der Waals surface area contributed by atoms with Crippen LogP contribution in [0.15, 0.2) is 41.4 Å². The third-order valence-electron chi connectivity index (χ3n) is 5.34. The van der Waals surface area contributed by atoms with Gasteiger partial charge in [-0.25, -0.2) is 19.9 Å². The summed E-state index contributed by atoms with van der Waals surface area (Å²) in [5.74, 6) is -0.260. The van der Waals surface area contributed by atoms with Crippen molar-refractivity contribution in [3.05, 3.63) is 48.4 Å². The number of nitrogens with two attached hydrogens (primary N) is 1. The Balaban J connectivity index is 1.76. The first kappa shape index (κ1) is 22.1. The maximum atomic E-state index is 13.1. The molecule has 0 aromatic carbocycles. The van der Waals surface area contributed by atoms with Crippen molar-refractivity contribution in [2.45, 2.75) is 26.7 Å². The quantitative estimate of drug-likeness (QED) is 0.428. The summed E-state index contributed by atoms with van der Waals surface area (Å²) in [6.45, 7) is 3.79. The fraction of sp³-hybridized carbons (Fsp3) is 0.304. The third kappa shape index (κ3) is 4.45. The second kappa shape index (κ2) is 8.81. The van der Waals surface area contributed by atoms with Crippen LogP contribution < -0.4 is 5.73 Å². The minimum Gasteiger partial charge on any atom is -0.443 e. The van der Waals surface area contributed by atoms with Crippen molar-refractivity contribution in [1.82, 2.24) is 29.2 Å². The van der Waals surface area contributed by atoms with Crippen LogP contribution in [0.25, 0.3) is 28.5 Å². The minimum absolute atomic E-state index is 0.0111. The summed E-state index contributed by atoms with van der Waals surface area (Å²) < 4.78 is 7.37. The van der Waals surface area contributed by atoms with Crippen molar-refractivity contribution in [2.75, 3.05) is 19.8 Å². The smallest absolute Gasteiger partial charge is 0.247 e. The largest absolute Gasteiger partial charge is 0.443 e. The normalized spacial score (nSPS) is 12.1. The summed E-state index contributed by atoms with van der Waals surface area (Å²) in [6, 6.07) is 3.71. The molecule has 4 heterocycles. The minimum atomic E-state index is -0.279. The van der Waals surface area contributed by atoms with Crippen LogP contribution in [0.5, 0.6) is 0 Å². The van der Waals surface area contributed by atoms with E-state index in [0.29, 0.717) is 17.0 Å². The van der Waals surface area contributed by atoms with Crippen LogP contribution in [0.4, 0.5) is 5.82 Å². The summed E-state index contributed by atoms with van der Waals surface area (Å²) in [7, 11) is 3.37. The highest BCUT2D eigenvalue weighted by atomic mass is 16.3. The van der Waals surface area contributed by atoms with Gasteiger partial charge in [0.25, 0.3) is 0 Å². The van der Waals surface area contributed by atoms with Crippen LogP contribution in [-0.4, -0.2) is 55.0 Å². The number of amides is 1. The highest BCUT2D eigenvalue weighted by Gasteiger charge is 2.24. The van der Waals surface area contributed by atoms with Crippen LogP contribution in [0.2, 0.25) is 0 Å². The number of oxazole rings is 1. The molecule has 0 saturated heterocycles. The number of carbonyl (C=O) groups is 2. The van der Waals surface area contributed by atoms with E-state index in [-0.39, 0.29) is 47.9 Å². The standard InChI is InChI=1S/C23H25N7O3/c1-13(10-18(32)29(3)4)9-16(31)20-22(24)28-21(23-25-7-8-33-23)19(27-20)15-5-6-17-26-11-14(2)30(17)12-15/h5-8,11-13H,9-10H2,1-4H3,(H2,24,28)/t13-/m1/s1. The SMILES string of the molecule is Cc1cnc2ccc(-c3nc(C(=O)C[C@@H](C)CC(=O)N(C)C)c(N)nc3-c3ncco3)cn12. The second-order valence-electron chi connectivity index (χ2n) is 8.26. The molecule has 0 bridgehead atoms. The predicted octanol–water partition coefficient (Wildman–Crippen LogP) is 3.02. The molecule has 2 N–H and O–H groups in total. The van der Waals surface area contributed by atoms with Gasteiger partial charge in [0, 0.05) is 50.6 Å². The summed E-state index contributed by atoms with van der Waals surface area (Å²) >= 11 is 0. The van der Waals surface area contributed by atoms with E-state index in [9.17, 15) is 9.59 Å². The van der Waals surface area contributed by atoms with Gasteiger partial charge in [-0.15, -0.1) is 0 Å². The van der Waals surface area contributed by atoms with E-state index in [4.69, 9.17) is 10.2 Å². The molecule has 4 aromatic heterocycles. The number of anilines is 1. The molecular weight excluding hydrogens is 422 g/mol. The highest BCUT2D eigenvalue weighted by Crippen LogP contribution is 2.31. The number of ketones is 1. The molecule has 10 nitrogen and oxygen atoms in total. The predicted molar refractivity (Wildman–Crippen MR) is 122 cm³/mol. The molecule has 0 aliphatic carbocycles. The molecular formula is C23H25N7O3. The lowest BCUT2D eigenvalue weighted by Crippen LogP contribution is -2.24. The molecule has 0 unspecified atom stereocenters. The fourth-order valence-electron chi connectivity index (χ4n) is 3.55. The van der Waals surface area contributed by atoms with Crippen LogP contribution in [0.1, 0.15) is 35.9 Å². The van der Waals surface area contributed by atoms with Crippen LogP contribution in [-0.2, 0) is 4.79 Å². The summed E-state index contributed by atoms with van der Waals surface area (Å²) in [4.78, 5) is 44.2. The molecule has 170 valence electrons. The number of aromatic nitrogens is 5. The Hall–Kier alpha value is -4.08. The molecule has 4 rings (SSSR count). The first-order chi connectivity index (χ1) is 15.7. The average molecular weight is 447 g/mol. The van der Waals surface area contributed by atoms with Gasteiger partial charge in [0.15, 0.2) is 17.3 Å². The molecule has 0 aliphatic heterocycles. The Morgan fingerprint density at radius 3 is 2.64 bits per heavy atom. The second-order valence-corrected chi connectivity index (χ2v) is 8.26. The first-order valence-electron chi connectivity index (χ1n) is 10.5. The molecule has 0 spiro atoms. The van der Waals surface area contributed by atoms with Crippen LogP contribution in [0, 0.1) is 12.8 Å². The maximum Gasteiger partial charge on any atom is 0.247 e. The number of aryl methyl sites for hydroxylation is 1. The van der Waals surface area contributed by atoms with E-state index in [2.05, 4.69) is 19.9 Å². The molecule has 4 aromatic rings. The molecule has 0 fully saturated rings. The number of imidazole rings is 1. The van der Waals surface area contributed by atoms with Crippen molar-refractivity contribution in [1.29, 1.82) is 0 Å². The molecule has 33 heavy (non-hydrogen) atoms. The number of hydrogen-bond acceptors (Lipinski definition) is 8. The number of nitrogen functional groups attached to an aromatic ring is 1. The lowest BCUT2D eigenvalue weighted by atomic mass is 9.98. The number of rotatable bonds is 7. The summed E-state index contributed by atoms with van der Waals surface area (Å²) in [5.41, 5.74) is 9.40. The molecule has 1 atom stereocenters. The van der Waals surface area contributed by atoms with Gasteiger partial charge in [-0.3, -0.25) is 9.59 Å². The molecule has 0 aliphatic rings. The fourth-order valence-corrected chi connectivity index (χ4v) is 3.55. The van der Waals surface area contributed by atoms with E-state index in [0.717, 1.165) is 11.3 Å². The number of hydrogen-bond donors (Lipinski definition) is 1. The van der Waals surface area contributed by atoms with Gasteiger partial charge in [0.05, 0.1) is 6.20 Å². The summed E-state index contributed by atoms with van der Waals surface area (Å²) in [6.07, 6.45) is 6.95. The third-order valence-corrected chi connectivity index (χ3v) is 5.34. The molecule has 0 radical (unpaired) electrons. The Labute approximate surface area is 190 Å². The highest BCUT2D eigenvalue weighted by molar-refractivity contribution is 5.99. The van der Waals surface area contributed by atoms with E-state index < -0.39 is 0 Å². The van der Waals surface area contributed by atoms with Gasteiger partial charge in [-0.2, -0.15) is 0 Å². The Morgan fingerprint density at radius 2 is 1.94 bits per heavy atom. The number of pyridine rings is 1. The number of nitrogens with zero attached hydrogens (tertiary/aromatic N) is 6. The molecule has 0 saturated carbocycles. The zero-order valence-electron chi connectivity index (χ0n) is 18.9. The van der Waals surface area contributed by atoms with Gasteiger partial charge in [-0.1, -0.05) is 6.92 Å². The van der Waals surface area contributed by atoms with Gasteiger partial charge in [0.2, 0.25) is 11.8 Å². The Kier molecular flexibility index (Phi) is 5.91. The number of carbonyl (C=O) groups excluding carboxylic acids is 2. The van der Waals surface area contributed by atoms with E-state index >= 15 is 0 Å². The van der Waals surface area contributed by atoms with Gasteiger partial charge >= 0.3 is 0 Å². The van der Waals surface area contributed by atoms with E-state index in [1.807, 2.05) is 36.6 Å². The van der Waals surface area contributed by atoms with Gasteiger partial charge in [-0.05, 0) is 25.0 Å². The monoisotopic (exact) mass is 447 g/mol. The average Bonchev–Trinajstić information content (AvgIpc) is 3.43. The number of Topliss-reactive ketones (excluding diaryl/α,β-unsaturated/α-hetero) is 1. The topological polar surface area (TPSA) is 133 Å². The number of fused-ring (bicyclic) bond motifs is 1. The van der Waals surface area contributed by atoms with Crippen molar-refractivity contribution in [3.8, 4) is 22.8 Å². The molecule has 1 amide bonds. The van der Waals surface area contributed by atoms with Crippen molar-refractivity contribution >= 4 is 23.2 Å². The van der Waals surface area contributed by atoms with Crippen molar-refractivity contribution < 1.29 is 14.0 Å². The Morgan fingerprint density at radius 1 is 1.15 bits per heavy atom. The summed E-state index contributed by atoms with van der Waals surface area (Å²) in [5, 5.41) is 0. The maximum absolute atomic E-state index is 13.1. The van der Waals surface area contributed by atoms with Crippen molar-refractivity contribution in [2.24, 2.45) is 5.92 Å². The van der Waals surface area contributed by atoms with E-state index in [1.54, 1.807) is 20.3 Å². The van der Waals surface area contributed by atoms with Gasteiger partial charge in [0.1, 0.15) is 23.3 Å². The molecule has 10 heteroatoms. The van der Waals surface area contributed by atoms with E-state index in [1.165, 1.54) is 17.4 Å². The Bertz CT molecular complexity index is 1330. The first-order valence-corrected chi connectivity index (χ1v) is 10.5. The van der Waals surface area contributed by atoms with Crippen molar-refractivity contribution in [3.63, 3.8) is 0 Å². The van der Waals surface area contributed by atoms with Crippen LogP contribution in [0.3, 0.4) is 0 Å². The lowest BCUT2D eigenvalue weighted by Gasteiger charge is -2.15. The zero-order chi connectivity index (χ0) is 23.7. The van der Waals surface area contributed by atoms with Crippen LogP contribution >= 0.6 is 0 Å². The lowest BCUT2D eigenvalue weighted by molar-refractivity contribution is -0.129.